The zero-order valence-electron chi connectivity index (χ0n) is 8.73. The number of aromatic nitrogens is 1. The molecule has 94 valence electrons. The lowest BCUT2D eigenvalue weighted by atomic mass is 10.3. The minimum absolute atomic E-state index is 0.387. The molecule has 0 radical (unpaired) electrons. The smallest absolute Gasteiger partial charge is 0.368 e. The molecule has 4 nitrogen and oxygen atoms in total. The summed E-state index contributed by atoms with van der Waals surface area (Å²) in [5, 5.41) is 8.83. The average Bonchev–Trinajstić information content (AvgIpc) is 2.69. The van der Waals surface area contributed by atoms with Gasteiger partial charge in [-0.25, -0.2) is 5.16 Å². The topological polar surface area (TPSA) is 53.6 Å². The van der Waals surface area contributed by atoms with Gasteiger partial charge in [0.05, 0.1) is 5.69 Å². The Hall–Kier alpha value is -1.96. The molecule has 0 atom stereocenters. The molecular weight excluding hydrogens is 267 g/mol. The lowest BCUT2D eigenvalue weighted by Gasteiger charge is -2.01. The molecule has 0 aliphatic carbocycles. The third-order valence-electron chi connectivity index (χ3n) is 1.98. The van der Waals surface area contributed by atoms with Gasteiger partial charge < -0.3 is 4.52 Å². The van der Waals surface area contributed by atoms with Crippen LogP contribution in [0.15, 0.2) is 45.1 Å². The van der Waals surface area contributed by atoms with Crippen molar-refractivity contribution in [1.82, 2.24) is 5.16 Å². The van der Waals surface area contributed by atoms with E-state index in [-0.39, 0.29) is 4.71 Å². The van der Waals surface area contributed by atoms with Crippen LogP contribution in [0.1, 0.15) is 5.69 Å². The fourth-order valence-corrected chi connectivity index (χ4v) is 1.37. The van der Waals surface area contributed by atoms with E-state index in [1.165, 1.54) is 0 Å². The number of nitrogens with zero attached hydrogens (tertiary/aromatic N) is 2. The molecule has 0 saturated heterocycles. The van der Waals surface area contributed by atoms with E-state index >= 15 is 0 Å². The zero-order chi connectivity index (χ0) is 13.2. The Kier molecular flexibility index (Phi) is 3.28. The van der Waals surface area contributed by atoms with Gasteiger partial charge in [0.2, 0.25) is 4.71 Å². The summed E-state index contributed by atoms with van der Waals surface area (Å²) in [5.74, 6) is 0. The summed E-state index contributed by atoms with van der Waals surface area (Å²) in [4.78, 5) is 0. The molecule has 1 aromatic carbocycles. The van der Waals surface area contributed by atoms with Crippen LogP contribution in [-0.4, -0.2) is 5.16 Å². The van der Waals surface area contributed by atoms with E-state index in [9.17, 15) is 13.2 Å². The Balaban J connectivity index is 2.38. The second kappa shape index (κ2) is 4.73. The fourth-order valence-electron chi connectivity index (χ4n) is 1.18. The number of azo groups is 1. The van der Waals surface area contributed by atoms with Crippen molar-refractivity contribution in [3.63, 3.8) is 0 Å². The first-order valence-corrected chi connectivity index (χ1v) is 5.15. The first kappa shape index (κ1) is 12.5. The highest BCUT2D eigenvalue weighted by molar-refractivity contribution is 7.71. The molecule has 0 aliphatic rings. The molecule has 1 N–H and O–H groups in total. The van der Waals surface area contributed by atoms with Crippen LogP contribution in [0.2, 0.25) is 0 Å². The molecule has 2 aromatic rings. The molecule has 1 aromatic heterocycles. The van der Waals surface area contributed by atoms with E-state index in [4.69, 9.17) is 0 Å². The Labute approximate surface area is 104 Å². The van der Waals surface area contributed by atoms with Gasteiger partial charge in [-0.2, -0.15) is 18.3 Å². The number of alkyl halides is 3. The second-order valence-electron chi connectivity index (χ2n) is 3.25. The van der Waals surface area contributed by atoms with Crippen LogP contribution in [0.5, 0.6) is 0 Å². The van der Waals surface area contributed by atoms with Crippen molar-refractivity contribution in [1.29, 1.82) is 0 Å². The third-order valence-corrected chi connectivity index (χ3v) is 2.26. The highest BCUT2D eigenvalue weighted by atomic mass is 32.1. The number of aromatic amines is 1. The highest BCUT2D eigenvalue weighted by Gasteiger charge is 2.37. The van der Waals surface area contributed by atoms with Gasteiger partial charge in [0.15, 0.2) is 11.4 Å². The lowest BCUT2D eigenvalue weighted by molar-refractivity contribution is -0.142. The summed E-state index contributed by atoms with van der Waals surface area (Å²) in [5.41, 5.74) is -1.25. The quantitative estimate of drug-likeness (QED) is 0.632. The van der Waals surface area contributed by atoms with Crippen molar-refractivity contribution >= 4 is 23.6 Å². The summed E-state index contributed by atoms with van der Waals surface area (Å²) < 4.78 is 41.7. The van der Waals surface area contributed by atoms with Gasteiger partial charge in [-0.15, -0.1) is 5.11 Å². The number of hydrogen-bond donors (Lipinski definition) is 1. The minimum atomic E-state index is -4.62. The van der Waals surface area contributed by atoms with Gasteiger partial charge in [0.25, 0.3) is 0 Å². The van der Waals surface area contributed by atoms with Crippen LogP contribution in [0.4, 0.5) is 24.5 Å². The molecule has 18 heavy (non-hydrogen) atoms. The maximum Gasteiger partial charge on any atom is 0.436 e. The van der Waals surface area contributed by atoms with Crippen molar-refractivity contribution in [3.8, 4) is 0 Å². The van der Waals surface area contributed by atoms with E-state index in [0.29, 0.717) is 5.69 Å². The summed E-state index contributed by atoms with van der Waals surface area (Å²) in [6.45, 7) is 0. The molecule has 8 heteroatoms. The van der Waals surface area contributed by atoms with Crippen LogP contribution in [0, 0.1) is 4.71 Å². The van der Waals surface area contributed by atoms with Crippen LogP contribution in [0.3, 0.4) is 0 Å². The van der Waals surface area contributed by atoms with Gasteiger partial charge >= 0.3 is 6.18 Å². The van der Waals surface area contributed by atoms with Gasteiger partial charge in [0.1, 0.15) is 0 Å². The first-order valence-electron chi connectivity index (χ1n) is 4.74. The molecule has 0 unspecified atom stereocenters. The molecule has 1 heterocycles. The molecular formula is C10H6F3N3OS. The number of hydrogen-bond acceptors (Lipinski definition) is 4. The van der Waals surface area contributed by atoms with E-state index in [1.807, 2.05) is 0 Å². The molecule has 0 fully saturated rings. The van der Waals surface area contributed by atoms with E-state index in [1.54, 1.807) is 35.5 Å². The van der Waals surface area contributed by atoms with Crippen molar-refractivity contribution in [2.45, 2.75) is 6.18 Å². The van der Waals surface area contributed by atoms with Crippen molar-refractivity contribution in [2.24, 2.45) is 10.2 Å². The van der Waals surface area contributed by atoms with Crippen LogP contribution < -0.4 is 0 Å². The van der Waals surface area contributed by atoms with E-state index < -0.39 is 17.6 Å². The monoisotopic (exact) mass is 273 g/mol. The molecule has 0 bridgehead atoms. The molecule has 2 rings (SSSR count). The third kappa shape index (κ3) is 2.65. The van der Waals surface area contributed by atoms with Gasteiger partial charge in [-0.05, 0) is 24.4 Å². The Morgan fingerprint density at radius 3 is 2.39 bits per heavy atom. The predicted octanol–water partition coefficient (Wildman–Crippen LogP) is 4.77. The standard InChI is InChI=1S/C10H6F3N3OS/c11-10(12,13)8-7(9(18)17-16-8)15-14-6-4-2-1-3-5-6/h1-5,16H. The number of nitrogens with one attached hydrogen (secondary N) is 1. The van der Waals surface area contributed by atoms with Gasteiger partial charge in [0, 0.05) is 0 Å². The van der Waals surface area contributed by atoms with Crippen molar-refractivity contribution in [2.75, 3.05) is 0 Å². The van der Waals surface area contributed by atoms with Gasteiger partial charge in [-0.3, -0.25) is 0 Å². The van der Waals surface area contributed by atoms with Crippen LogP contribution >= 0.6 is 12.2 Å². The molecule has 0 amide bonds. The number of benzene rings is 1. The maximum atomic E-state index is 12.5. The minimum Gasteiger partial charge on any atom is -0.368 e. The van der Waals surface area contributed by atoms with E-state index in [2.05, 4.69) is 27.0 Å². The fraction of sp³-hybridized carbons (Fsp3) is 0.100. The number of H-pyrrole nitrogens is 1. The number of halogens is 3. The average molecular weight is 273 g/mol. The molecule has 0 spiro atoms. The summed E-state index contributed by atoms with van der Waals surface area (Å²) in [7, 11) is 0. The second-order valence-corrected chi connectivity index (χ2v) is 3.62. The SMILES string of the molecule is FC(F)(F)c1[nH]oc(=S)c1N=Nc1ccccc1. The maximum absolute atomic E-state index is 12.5. The van der Waals surface area contributed by atoms with Crippen molar-refractivity contribution < 1.29 is 17.7 Å². The van der Waals surface area contributed by atoms with E-state index in [0.717, 1.165) is 0 Å². The summed E-state index contributed by atoms with van der Waals surface area (Å²) in [6.07, 6.45) is -4.62. The number of rotatable bonds is 2. The summed E-state index contributed by atoms with van der Waals surface area (Å²) in [6, 6.07) is 8.34. The zero-order valence-corrected chi connectivity index (χ0v) is 9.55. The largest absolute Gasteiger partial charge is 0.436 e. The molecule has 0 saturated carbocycles. The predicted molar refractivity (Wildman–Crippen MR) is 59.5 cm³/mol. The first-order chi connectivity index (χ1) is 8.48. The van der Waals surface area contributed by atoms with Crippen molar-refractivity contribution in [3.05, 3.63) is 40.7 Å². The van der Waals surface area contributed by atoms with Crippen LogP contribution in [-0.2, 0) is 6.18 Å². The Bertz CT molecular complexity index is 615. The van der Waals surface area contributed by atoms with Gasteiger partial charge in [-0.1, -0.05) is 18.2 Å². The Morgan fingerprint density at radius 1 is 1.11 bits per heavy atom. The highest BCUT2D eigenvalue weighted by Crippen LogP contribution is 2.36. The normalized spacial score (nSPS) is 12.2. The molecule has 0 aliphatic heterocycles. The summed E-state index contributed by atoms with van der Waals surface area (Å²) >= 11 is 4.61. The Morgan fingerprint density at radius 2 is 1.78 bits per heavy atom. The van der Waals surface area contributed by atoms with Crippen LogP contribution in [0.25, 0.3) is 0 Å². The lowest BCUT2D eigenvalue weighted by Crippen LogP contribution is -2.05.